The molecule has 1 aliphatic rings. The van der Waals surface area contributed by atoms with Crippen LogP contribution in [-0.2, 0) is 0 Å². The standard InChI is InChI=1S/C19H22N6O4/c1-11-5-6-12(8-14(11)29-2)24-15-16(20)21-10-22-17(15)25(18(24)26)13-4-3-7-23(9-13)19(27)28/h5-6,8,10,13H,3-4,7,9H2,1-2H3,(H,27,28)(H2,20,21,22). The average Bonchev–Trinajstić information content (AvgIpc) is 3.01. The van der Waals surface area contributed by atoms with E-state index < -0.39 is 6.09 Å². The third-order valence-electron chi connectivity index (χ3n) is 5.36. The number of piperidine rings is 1. The van der Waals surface area contributed by atoms with E-state index in [4.69, 9.17) is 10.5 Å². The molecular formula is C19H22N6O4. The Morgan fingerprint density at radius 3 is 2.86 bits per heavy atom. The van der Waals surface area contributed by atoms with Gasteiger partial charge in [0.05, 0.1) is 18.8 Å². The summed E-state index contributed by atoms with van der Waals surface area (Å²) in [5.74, 6) is 0.816. The zero-order valence-electron chi connectivity index (χ0n) is 16.2. The molecule has 0 radical (unpaired) electrons. The SMILES string of the molecule is COc1cc(-n2c(=O)n(C3CCCN(C(=O)O)C3)c3ncnc(N)c32)ccc1C. The normalized spacial score (nSPS) is 16.9. The highest BCUT2D eigenvalue weighted by atomic mass is 16.5. The van der Waals surface area contributed by atoms with Gasteiger partial charge in [-0.2, -0.15) is 0 Å². The summed E-state index contributed by atoms with van der Waals surface area (Å²) in [6, 6.07) is 5.09. The van der Waals surface area contributed by atoms with Crippen molar-refractivity contribution < 1.29 is 14.6 Å². The quantitative estimate of drug-likeness (QED) is 0.688. The monoisotopic (exact) mass is 398 g/mol. The number of imidazole rings is 1. The molecule has 0 spiro atoms. The number of carboxylic acid groups (broad SMARTS) is 1. The maximum absolute atomic E-state index is 13.5. The lowest BCUT2D eigenvalue weighted by atomic mass is 10.1. The molecule has 0 aliphatic carbocycles. The van der Waals surface area contributed by atoms with E-state index in [0.717, 1.165) is 5.56 Å². The number of aromatic nitrogens is 4. The van der Waals surface area contributed by atoms with E-state index >= 15 is 0 Å². The van der Waals surface area contributed by atoms with E-state index in [-0.39, 0.29) is 24.1 Å². The van der Waals surface area contributed by atoms with Crippen LogP contribution in [0.25, 0.3) is 16.9 Å². The lowest BCUT2D eigenvalue weighted by Gasteiger charge is -2.31. The number of benzene rings is 1. The summed E-state index contributed by atoms with van der Waals surface area (Å²) in [7, 11) is 1.57. The summed E-state index contributed by atoms with van der Waals surface area (Å²) < 4.78 is 8.40. The summed E-state index contributed by atoms with van der Waals surface area (Å²) in [6.45, 7) is 2.58. The highest BCUT2D eigenvalue weighted by molar-refractivity contribution is 5.84. The first kappa shape index (κ1) is 18.8. The summed E-state index contributed by atoms with van der Waals surface area (Å²) in [6.07, 6.45) is 1.65. The number of rotatable bonds is 3. The molecule has 10 heteroatoms. The molecule has 1 aromatic carbocycles. The molecule has 1 fully saturated rings. The number of nitrogen functional groups attached to an aromatic ring is 1. The lowest BCUT2D eigenvalue weighted by Crippen LogP contribution is -2.42. The fourth-order valence-electron chi connectivity index (χ4n) is 3.92. The Morgan fingerprint density at radius 2 is 2.14 bits per heavy atom. The van der Waals surface area contributed by atoms with Gasteiger partial charge >= 0.3 is 11.8 Å². The van der Waals surface area contributed by atoms with E-state index in [1.54, 1.807) is 19.2 Å². The molecule has 1 aliphatic heterocycles. The van der Waals surface area contributed by atoms with Gasteiger partial charge in [-0.15, -0.1) is 0 Å². The predicted molar refractivity (Wildman–Crippen MR) is 107 cm³/mol. The molecule has 1 atom stereocenters. The van der Waals surface area contributed by atoms with Crippen LogP contribution in [0.15, 0.2) is 29.3 Å². The predicted octanol–water partition coefficient (Wildman–Crippen LogP) is 1.80. The number of anilines is 1. The molecule has 3 N–H and O–H groups in total. The molecule has 3 aromatic rings. The minimum Gasteiger partial charge on any atom is -0.496 e. The van der Waals surface area contributed by atoms with Crippen LogP contribution in [0.2, 0.25) is 0 Å². The topological polar surface area (TPSA) is 128 Å². The number of hydrogen-bond donors (Lipinski definition) is 2. The van der Waals surface area contributed by atoms with Crippen molar-refractivity contribution in [1.82, 2.24) is 24.0 Å². The van der Waals surface area contributed by atoms with E-state index in [9.17, 15) is 14.7 Å². The first-order chi connectivity index (χ1) is 13.9. The molecule has 2 aromatic heterocycles. The lowest BCUT2D eigenvalue weighted by molar-refractivity contribution is 0.121. The van der Waals surface area contributed by atoms with Gasteiger partial charge in [-0.05, 0) is 31.4 Å². The highest BCUT2D eigenvalue weighted by Gasteiger charge is 2.29. The van der Waals surface area contributed by atoms with Crippen LogP contribution in [0.3, 0.4) is 0 Å². The Bertz CT molecular complexity index is 1150. The Labute approximate surface area is 166 Å². The maximum atomic E-state index is 13.5. The van der Waals surface area contributed by atoms with Crippen molar-refractivity contribution in [3.05, 3.63) is 40.6 Å². The van der Waals surface area contributed by atoms with Gasteiger partial charge in [0.2, 0.25) is 0 Å². The molecule has 10 nitrogen and oxygen atoms in total. The van der Waals surface area contributed by atoms with Gasteiger partial charge in [0.1, 0.15) is 17.6 Å². The fourth-order valence-corrected chi connectivity index (χ4v) is 3.92. The molecule has 4 rings (SSSR count). The smallest absolute Gasteiger partial charge is 0.407 e. The first-order valence-electron chi connectivity index (χ1n) is 9.28. The van der Waals surface area contributed by atoms with Crippen LogP contribution < -0.4 is 16.2 Å². The number of hydrogen-bond acceptors (Lipinski definition) is 6. The van der Waals surface area contributed by atoms with Crippen LogP contribution in [-0.4, -0.2) is 55.4 Å². The van der Waals surface area contributed by atoms with Gasteiger partial charge in [-0.1, -0.05) is 6.07 Å². The number of methoxy groups -OCH3 is 1. The van der Waals surface area contributed by atoms with Crippen LogP contribution in [0, 0.1) is 6.92 Å². The minimum atomic E-state index is -0.996. The second-order valence-corrected chi connectivity index (χ2v) is 7.10. The molecule has 0 bridgehead atoms. The van der Waals surface area contributed by atoms with Crippen LogP contribution in [0.1, 0.15) is 24.4 Å². The van der Waals surface area contributed by atoms with Gasteiger partial charge < -0.3 is 20.5 Å². The van der Waals surface area contributed by atoms with Crippen molar-refractivity contribution in [2.24, 2.45) is 0 Å². The number of likely N-dealkylation sites (tertiary alicyclic amines) is 1. The van der Waals surface area contributed by atoms with E-state index in [1.807, 2.05) is 13.0 Å². The van der Waals surface area contributed by atoms with Gasteiger partial charge in [0.15, 0.2) is 11.5 Å². The zero-order chi connectivity index (χ0) is 20.7. The molecule has 29 heavy (non-hydrogen) atoms. The van der Waals surface area contributed by atoms with E-state index in [0.29, 0.717) is 42.0 Å². The summed E-state index contributed by atoms with van der Waals surface area (Å²) in [5, 5.41) is 9.37. The van der Waals surface area contributed by atoms with Crippen molar-refractivity contribution in [3.8, 4) is 11.4 Å². The number of nitrogens with zero attached hydrogens (tertiary/aromatic N) is 5. The second-order valence-electron chi connectivity index (χ2n) is 7.10. The number of fused-ring (bicyclic) bond motifs is 1. The van der Waals surface area contributed by atoms with Crippen LogP contribution >= 0.6 is 0 Å². The van der Waals surface area contributed by atoms with Gasteiger partial charge in [0.25, 0.3) is 0 Å². The van der Waals surface area contributed by atoms with Crippen molar-refractivity contribution in [2.75, 3.05) is 25.9 Å². The van der Waals surface area contributed by atoms with Gasteiger partial charge in [-0.3, -0.25) is 9.13 Å². The average molecular weight is 398 g/mol. The molecule has 1 saturated heterocycles. The summed E-state index contributed by atoms with van der Waals surface area (Å²) in [5.41, 5.74) is 8.08. The number of carbonyl (C=O) groups is 1. The molecule has 3 heterocycles. The molecular weight excluding hydrogens is 376 g/mol. The zero-order valence-corrected chi connectivity index (χ0v) is 16.2. The molecule has 152 valence electrons. The third kappa shape index (κ3) is 3.06. The summed E-state index contributed by atoms with van der Waals surface area (Å²) in [4.78, 5) is 34.6. The Balaban J connectivity index is 1.94. The molecule has 1 amide bonds. The Kier molecular flexibility index (Phi) is 4.61. The van der Waals surface area contributed by atoms with E-state index in [2.05, 4.69) is 9.97 Å². The van der Waals surface area contributed by atoms with Crippen molar-refractivity contribution >= 4 is 23.1 Å². The van der Waals surface area contributed by atoms with Crippen LogP contribution in [0.4, 0.5) is 10.6 Å². The number of amides is 1. The Morgan fingerprint density at radius 1 is 1.34 bits per heavy atom. The van der Waals surface area contributed by atoms with Gasteiger partial charge in [0, 0.05) is 19.2 Å². The van der Waals surface area contributed by atoms with Crippen molar-refractivity contribution in [3.63, 3.8) is 0 Å². The van der Waals surface area contributed by atoms with Gasteiger partial charge in [-0.25, -0.2) is 19.6 Å². The third-order valence-corrected chi connectivity index (χ3v) is 5.36. The second kappa shape index (κ2) is 7.12. The maximum Gasteiger partial charge on any atom is 0.407 e. The summed E-state index contributed by atoms with van der Waals surface area (Å²) >= 11 is 0. The molecule has 0 saturated carbocycles. The highest BCUT2D eigenvalue weighted by Crippen LogP contribution is 2.29. The Hall–Kier alpha value is -3.56. The fraction of sp³-hybridized carbons (Fsp3) is 0.368. The number of aryl methyl sites for hydroxylation is 1. The van der Waals surface area contributed by atoms with Crippen LogP contribution in [0.5, 0.6) is 5.75 Å². The van der Waals surface area contributed by atoms with Crippen molar-refractivity contribution in [1.29, 1.82) is 0 Å². The minimum absolute atomic E-state index is 0.177. The number of nitrogens with two attached hydrogens (primary N) is 1. The number of ether oxygens (including phenoxy) is 1. The first-order valence-corrected chi connectivity index (χ1v) is 9.28. The van der Waals surface area contributed by atoms with Crippen molar-refractivity contribution in [2.45, 2.75) is 25.8 Å². The van der Waals surface area contributed by atoms with E-state index in [1.165, 1.54) is 20.4 Å². The largest absolute Gasteiger partial charge is 0.496 e. The molecule has 1 unspecified atom stereocenters.